The molecule has 0 aromatic carbocycles. The van der Waals surface area contributed by atoms with E-state index < -0.39 is 18.2 Å². The van der Waals surface area contributed by atoms with E-state index in [9.17, 15) is 18.0 Å². The maximum Gasteiger partial charge on any atom is 0.574 e. The van der Waals surface area contributed by atoms with Crippen molar-refractivity contribution >= 4 is 5.97 Å². The van der Waals surface area contributed by atoms with Crippen molar-refractivity contribution in [2.24, 2.45) is 0 Å². The summed E-state index contributed by atoms with van der Waals surface area (Å²) in [5.41, 5.74) is 0.303. The number of carboxylic acid groups (broad SMARTS) is 1. The summed E-state index contributed by atoms with van der Waals surface area (Å²) in [6, 6.07) is 2.17. The predicted molar refractivity (Wildman–Crippen MR) is 42.3 cm³/mol. The fourth-order valence-corrected chi connectivity index (χ4v) is 0.869. The third-order valence-electron chi connectivity index (χ3n) is 1.37. The van der Waals surface area contributed by atoms with Crippen LogP contribution in [0.1, 0.15) is 5.56 Å². The van der Waals surface area contributed by atoms with Crippen molar-refractivity contribution in [1.29, 1.82) is 0 Å². The molecule has 1 aromatic heterocycles. The van der Waals surface area contributed by atoms with Crippen LogP contribution in [0.2, 0.25) is 0 Å². The molecular weight excluding hydrogens is 215 g/mol. The van der Waals surface area contributed by atoms with Gasteiger partial charge in [0.15, 0.2) is 0 Å². The van der Waals surface area contributed by atoms with Gasteiger partial charge in [-0.15, -0.1) is 13.2 Å². The lowest BCUT2D eigenvalue weighted by Crippen LogP contribution is -2.17. The number of carbonyl (C=O) groups is 1. The molecule has 4 nitrogen and oxygen atoms in total. The molecule has 1 rings (SSSR count). The van der Waals surface area contributed by atoms with Gasteiger partial charge in [-0.3, -0.25) is 4.79 Å². The predicted octanol–water partition coefficient (Wildman–Crippen LogP) is 1.61. The lowest BCUT2D eigenvalue weighted by Gasteiger charge is -2.07. The van der Waals surface area contributed by atoms with Crippen LogP contribution in [0.5, 0.6) is 5.88 Å². The van der Waals surface area contributed by atoms with Crippen LogP contribution in [0.25, 0.3) is 0 Å². The molecular formula is C8H6F3NO3. The zero-order chi connectivity index (χ0) is 11.5. The van der Waals surface area contributed by atoms with Crippen LogP contribution in [-0.2, 0) is 11.2 Å². The van der Waals surface area contributed by atoms with Crippen LogP contribution in [0, 0.1) is 0 Å². The van der Waals surface area contributed by atoms with Crippen molar-refractivity contribution in [3.63, 3.8) is 0 Å². The normalized spacial score (nSPS) is 11.1. The molecule has 0 aliphatic rings. The van der Waals surface area contributed by atoms with E-state index in [0.717, 1.165) is 12.3 Å². The minimum Gasteiger partial charge on any atom is -0.481 e. The molecule has 0 amide bonds. The largest absolute Gasteiger partial charge is 0.574 e. The number of pyridine rings is 1. The zero-order valence-corrected chi connectivity index (χ0v) is 7.28. The van der Waals surface area contributed by atoms with Crippen LogP contribution in [0.3, 0.4) is 0 Å². The van der Waals surface area contributed by atoms with Crippen LogP contribution in [0.4, 0.5) is 13.2 Å². The third kappa shape index (κ3) is 4.30. The van der Waals surface area contributed by atoms with Crippen molar-refractivity contribution in [2.75, 3.05) is 0 Å². The van der Waals surface area contributed by atoms with Crippen molar-refractivity contribution in [2.45, 2.75) is 12.8 Å². The number of aliphatic carboxylic acids is 1. The summed E-state index contributed by atoms with van der Waals surface area (Å²) in [6.07, 6.45) is -4.06. The average Bonchev–Trinajstić information content (AvgIpc) is 2.05. The first kappa shape index (κ1) is 11.3. The molecule has 82 valence electrons. The van der Waals surface area contributed by atoms with Gasteiger partial charge < -0.3 is 9.84 Å². The lowest BCUT2D eigenvalue weighted by molar-refractivity contribution is -0.276. The third-order valence-corrected chi connectivity index (χ3v) is 1.37. The van der Waals surface area contributed by atoms with Gasteiger partial charge >= 0.3 is 12.3 Å². The summed E-state index contributed by atoms with van der Waals surface area (Å²) >= 11 is 0. The number of aromatic nitrogens is 1. The lowest BCUT2D eigenvalue weighted by atomic mass is 10.2. The molecule has 0 aliphatic carbocycles. The first-order valence-corrected chi connectivity index (χ1v) is 3.79. The molecule has 1 aromatic rings. The fourth-order valence-electron chi connectivity index (χ4n) is 0.869. The molecule has 0 bridgehead atoms. The van der Waals surface area contributed by atoms with Gasteiger partial charge in [-0.2, -0.15) is 0 Å². The molecule has 0 atom stereocenters. The minimum atomic E-state index is -4.79. The van der Waals surface area contributed by atoms with E-state index in [1.54, 1.807) is 0 Å². The molecule has 15 heavy (non-hydrogen) atoms. The maximum absolute atomic E-state index is 11.7. The monoisotopic (exact) mass is 221 g/mol. The van der Waals surface area contributed by atoms with Crippen molar-refractivity contribution in [1.82, 2.24) is 4.98 Å². The Morgan fingerprint density at radius 1 is 1.47 bits per heavy atom. The van der Waals surface area contributed by atoms with Crippen molar-refractivity contribution < 1.29 is 27.8 Å². The fraction of sp³-hybridized carbons (Fsp3) is 0.250. The maximum atomic E-state index is 11.7. The van der Waals surface area contributed by atoms with E-state index in [1.165, 1.54) is 6.07 Å². The molecule has 0 saturated carbocycles. The highest BCUT2D eigenvalue weighted by atomic mass is 19.4. The molecule has 0 fully saturated rings. The molecule has 0 unspecified atom stereocenters. The molecule has 1 N–H and O–H groups in total. The summed E-state index contributed by atoms with van der Waals surface area (Å²) in [6.45, 7) is 0. The van der Waals surface area contributed by atoms with Gasteiger partial charge in [0.2, 0.25) is 5.88 Å². The summed E-state index contributed by atoms with van der Waals surface area (Å²) in [4.78, 5) is 13.6. The highest BCUT2D eigenvalue weighted by molar-refractivity contribution is 5.69. The number of alkyl halides is 3. The molecule has 0 saturated heterocycles. The van der Waals surface area contributed by atoms with Gasteiger partial charge in [0, 0.05) is 12.3 Å². The second kappa shape index (κ2) is 4.16. The quantitative estimate of drug-likeness (QED) is 0.842. The molecule has 0 radical (unpaired) electrons. The van der Waals surface area contributed by atoms with Gasteiger partial charge in [-0.25, -0.2) is 4.98 Å². The Balaban J connectivity index is 2.68. The minimum absolute atomic E-state index is 0.292. The van der Waals surface area contributed by atoms with Crippen molar-refractivity contribution in [3.8, 4) is 5.88 Å². The standard InChI is InChI=1S/C8H6F3NO3/c9-8(10,11)15-6-2-1-5(4-12-6)3-7(13)14/h1-2,4H,3H2,(H,13,14). The Hall–Kier alpha value is -1.79. The average molecular weight is 221 g/mol. The number of ether oxygens (including phenoxy) is 1. The number of hydrogen-bond acceptors (Lipinski definition) is 3. The summed E-state index contributed by atoms with van der Waals surface area (Å²) < 4.78 is 38.6. The number of rotatable bonds is 3. The Morgan fingerprint density at radius 2 is 2.13 bits per heavy atom. The SMILES string of the molecule is O=C(O)Cc1ccc(OC(F)(F)F)nc1. The van der Waals surface area contributed by atoms with E-state index in [1.807, 2.05) is 0 Å². The van der Waals surface area contributed by atoms with Crippen LogP contribution >= 0.6 is 0 Å². The molecule has 0 aliphatic heterocycles. The zero-order valence-electron chi connectivity index (χ0n) is 7.28. The Kier molecular flexibility index (Phi) is 3.13. The summed E-state index contributed by atoms with van der Waals surface area (Å²) in [7, 11) is 0. The molecule has 0 spiro atoms. The summed E-state index contributed by atoms with van der Waals surface area (Å²) in [5, 5.41) is 8.38. The van der Waals surface area contributed by atoms with Gasteiger partial charge in [0.1, 0.15) is 0 Å². The van der Waals surface area contributed by atoms with E-state index in [-0.39, 0.29) is 6.42 Å². The topological polar surface area (TPSA) is 59.4 Å². The number of carboxylic acids is 1. The van der Waals surface area contributed by atoms with E-state index in [4.69, 9.17) is 5.11 Å². The van der Waals surface area contributed by atoms with Gasteiger partial charge in [0.05, 0.1) is 6.42 Å². The smallest absolute Gasteiger partial charge is 0.481 e. The first-order chi connectivity index (χ1) is 6.87. The molecule has 1 heterocycles. The number of nitrogens with zero attached hydrogens (tertiary/aromatic N) is 1. The highest BCUT2D eigenvalue weighted by Gasteiger charge is 2.31. The Morgan fingerprint density at radius 3 is 2.53 bits per heavy atom. The Labute approximate surface area is 82.3 Å². The highest BCUT2D eigenvalue weighted by Crippen LogP contribution is 2.20. The van der Waals surface area contributed by atoms with Gasteiger partial charge in [0.25, 0.3) is 0 Å². The van der Waals surface area contributed by atoms with E-state index >= 15 is 0 Å². The second-order valence-electron chi connectivity index (χ2n) is 2.62. The van der Waals surface area contributed by atoms with Crippen molar-refractivity contribution in [3.05, 3.63) is 23.9 Å². The number of hydrogen-bond donors (Lipinski definition) is 1. The Bertz CT molecular complexity index is 347. The van der Waals surface area contributed by atoms with E-state index in [2.05, 4.69) is 9.72 Å². The van der Waals surface area contributed by atoms with Gasteiger partial charge in [-0.05, 0) is 5.56 Å². The van der Waals surface area contributed by atoms with E-state index in [0.29, 0.717) is 5.56 Å². The first-order valence-electron chi connectivity index (χ1n) is 3.79. The summed E-state index contributed by atoms with van der Waals surface area (Å²) in [5.74, 6) is -1.70. The van der Waals surface area contributed by atoms with Crippen LogP contribution < -0.4 is 4.74 Å². The second-order valence-corrected chi connectivity index (χ2v) is 2.62. The van der Waals surface area contributed by atoms with Gasteiger partial charge in [-0.1, -0.05) is 6.07 Å². The van der Waals surface area contributed by atoms with Crippen LogP contribution in [-0.4, -0.2) is 22.4 Å². The number of halogens is 3. The van der Waals surface area contributed by atoms with Crippen LogP contribution in [0.15, 0.2) is 18.3 Å². The molecule has 7 heteroatoms.